The molecule has 1 N–H and O–H groups in total. The highest BCUT2D eigenvalue weighted by Crippen LogP contribution is 2.23. The lowest BCUT2D eigenvalue weighted by Crippen LogP contribution is -2.43. The maximum Gasteiger partial charge on any atom is 0.223 e. The Morgan fingerprint density at radius 2 is 1.74 bits per heavy atom. The minimum Gasteiger partial charge on any atom is -0.355 e. The molecule has 1 amide bonds. The van der Waals surface area contributed by atoms with E-state index in [0.29, 0.717) is 43.1 Å². The molecule has 0 bridgehead atoms. The molecule has 9 heteroatoms. The van der Waals surface area contributed by atoms with E-state index >= 15 is 0 Å². The largest absolute Gasteiger partial charge is 0.355 e. The Balaban J connectivity index is 1.37. The highest BCUT2D eigenvalue weighted by Gasteiger charge is 2.31. The number of hydrogen-bond acceptors (Lipinski definition) is 4. The van der Waals surface area contributed by atoms with E-state index in [1.807, 2.05) is 24.3 Å². The van der Waals surface area contributed by atoms with E-state index in [-0.39, 0.29) is 17.6 Å². The van der Waals surface area contributed by atoms with E-state index in [2.05, 4.69) is 5.32 Å². The maximum atomic E-state index is 12.7. The molecule has 0 aromatic heterocycles. The van der Waals surface area contributed by atoms with Gasteiger partial charge in [0.15, 0.2) is 0 Å². The Morgan fingerprint density at radius 3 is 2.42 bits per heavy atom. The summed E-state index contributed by atoms with van der Waals surface area (Å²) in [6.45, 7) is 1.33. The molecule has 1 fully saturated rings. The second kappa shape index (κ2) is 11.6. The number of hydrogen-bond donors (Lipinski definition) is 1. The van der Waals surface area contributed by atoms with E-state index in [9.17, 15) is 13.2 Å². The summed E-state index contributed by atoms with van der Waals surface area (Å²) in [4.78, 5) is 12.4. The summed E-state index contributed by atoms with van der Waals surface area (Å²) in [5, 5.41) is 4.32. The Hall–Kier alpha value is -1.25. The van der Waals surface area contributed by atoms with Crippen molar-refractivity contribution in [2.24, 2.45) is 5.92 Å². The number of rotatable bonds is 9. The third-order valence-corrected chi connectivity index (χ3v) is 8.72. The van der Waals surface area contributed by atoms with Crippen molar-refractivity contribution < 1.29 is 13.2 Å². The van der Waals surface area contributed by atoms with Crippen LogP contribution < -0.4 is 5.32 Å². The highest BCUT2D eigenvalue weighted by atomic mass is 35.5. The van der Waals surface area contributed by atoms with Crippen LogP contribution in [0.25, 0.3) is 0 Å². The number of nitrogens with zero attached hydrogens (tertiary/aromatic N) is 1. The van der Waals surface area contributed by atoms with Crippen LogP contribution in [0.5, 0.6) is 0 Å². The number of nitrogens with one attached hydrogen (secondary N) is 1. The number of sulfonamides is 1. The summed E-state index contributed by atoms with van der Waals surface area (Å²) in [5.74, 6) is 1.41. The number of carbonyl (C=O) groups is 1. The van der Waals surface area contributed by atoms with Gasteiger partial charge in [0.2, 0.25) is 15.9 Å². The number of carbonyl (C=O) groups excluding carboxylic acids is 1. The fourth-order valence-electron chi connectivity index (χ4n) is 3.47. The Labute approximate surface area is 198 Å². The monoisotopic (exact) mass is 500 g/mol. The zero-order valence-corrected chi connectivity index (χ0v) is 20.2. The Morgan fingerprint density at radius 1 is 1.06 bits per heavy atom. The van der Waals surface area contributed by atoms with Crippen molar-refractivity contribution in [3.63, 3.8) is 0 Å². The normalized spacial score (nSPS) is 15.7. The van der Waals surface area contributed by atoms with E-state index < -0.39 is 10.0 Å². The zero-order chi connectivity index (χ0) is 22.3. The molecule has 2 aromatic rings. The van der Waals surface area contributed by atoms with Gasteiger partial charge in [-0.3, -0.25) is 4.79 Å². The Kier molecular flexibility index (Phi) is 9.10. The molecule has 0 radical (unpaired) electrons. The van der Waals surface area contributed by atoms with Gasteiger partial charge in [0, 0.05) is 47.1 Å². The zero-order valence-electron chi connectivity index (χ0n) is 17.1. The van der Waals surface area contributed by atoms with Gasteiger partial charge in [-0.25, -0.2) is 12.7 Å². The number of thioether (sulfide) groups is 1. The van der Waals surface area contributed by atoms with Crippen LogP contribution in [-0.4, -0.2) is 44.0 Å². The molecule has 3 rings (SSSR count). The van der Waals surface area contributed by atoms with Gasteiger partial charge in [-0.05, 0) is 42.2 Å². The van der Waals surface area contributed by atoms with Crippen molar-refractivity contribution in [3.8, 4) is 0 Å². The van der Waals surface area contributed by atoms with Crippen molar-refractivity contribution in [2.45, 2.75) is 24.3 Å². The molecule has 0 saturated carbocycles. The van der Waals surface area contributed by atoms with Gasteiger partial charge >= 0.3 is 0 Å². The minimum absolute atomic E-state index is 0.00749. The summed E-state index contributed by atoms with van der Waals surface area (Å²) in [7, 11) is -3.41. The SMILES string of the molecule is O=C(NCCSCc1ccccc1Cl)C1CCN(S(=O)(=O)Cc2ccc(Cl)cc2)CC1. The van der Waals surface area contributed by atoms with Crippen LogP contribution in [0.1, 0.15) is 24.0 Å². The van der Waals surface area contributed by atoms with E-state index in [4.69, 9.17) is 23.2 Å². The molecule has 0 aliphatic carbocycles. The van der Waals surface area contributed by atoms with Crippen molar-refractivity contribution in [3.05, 3.63) is 69.7 Å². The first kappa shape index (κ1) is 24.4. The van der Waals surface area contributed by atoms with E-state index in [0.717, 1.165) is 22.1 Å². The number of halogens is 2. The van der Waals surface area contributed by atoms with E-state index in [1.165, 1.54) is 4.31 Å². The molecule has 31 heavy (non-hydrogen) atoms. The number of piperidine rings is 1. The first-order valence-electron chi connectivity index (χ1n) is 10.2. The summed E-state index contributed by atoms with van der Waals surface area (Å²) >= 11 is 13.7. The summed E-state index contributed by atoms with van der Waals surface area (Å²) in [6.07, 6.45) is 1.08. The van der Waals surface area contributed by atoms with Crippen LogP contribution in [0.4, 0.5) is 0 Å². The smallest absolute Gasteiger partial charge is 0.223 e. The fraction of sp³-hybridized carbons (Fsp3) is 0.409. The first-order chi connectivity index (χ1) is 14.8. The molecule has 168 valence electrons. The molecule has 1 aliphatic heterocycles. The van der Waals surface area contributed by atoms with Crippen LogP contribution in [0.3, 0.4) is 0 Å². The number of benzene rings is 2. The highest BCUT2D eigenvalue weighted by molar-refractivity contribution is 7.98. The third-order valence-electron chi connectivity index (χ3n) is 5.24. The quantitative estimate of drug-likeness (QED) is 0.511. The molecule has 1 saturated heterocycles. The molecule has 1 aliphatic rings. The lowest BCUT2D eigenvalue weighted by molar-refractivity contribution is -0.125. The van der Waals surface area contributed by atoms with Crippen molar-refractivity contribution >= 4 is 50.9 Å². The number of amides is 1. The summed E-state index contributed by atoms with van der Waals surface area (Å²) in [5.41, 5.74) is 1.80. The molecule has 2 aromatic carbocycles. The summed E-state index contributed by atoms with van der Waals surface area (Å²) < 4.78 is 26.9. The van der Waals surface area contributed by atoms with Crippen LogP contribution >= 0.6 is 35.0 Å². The Bertz CT molecular complexity index is 977. The maximum absolute atomic E-state index is 12.7. The van der Waals surface area contributed by atoms with Crippen molar-refractivity contribution in [1.82, 2.24) is 9.62 Å². The van der Waals surface area contributed by atoms with Gasteiger partial charge in [0.05, 0.1) is 5.75 Å². The van der Waals surface area contributed by atoms with Crippen LogP contribution in [0, 0.1) is 5.92 Å². The predicted molar refractivity (Wildman–Crippen MR) is 129 cm³/mol. The lowest BCUT2D eigenvalue weighted by Gasteiger charge is -2.30. The lowest BCUT2D eigenvalue weighted by atomic mass is 9.97. The van der Waals surface area contributed by atoms with Crippen LogP contribution in [-0.2, 0) is 26.3 Å². The molecule has 5 nitrogen and oxygen atoms in total. The van der Waals surface area contributed by atoms with Gasteiger partial charge in [-0.2, -0.15) is 11.8 Å². The molecule has 0 spiro atoms. The molecular weight excluding hydrogens is 475 g/mol. The van der Waals surface area contributed by atoms with Gasteiger partial charge in [0.1, 0.15) is 0 Å². The average Bonchev–Trinajstić information content (AvgIpc) is 2.76. The van der Waals surface area contributed by atoms with Gasteiger partial charge in [0.25, 0.3) is 0 Å². The second-order valence-electron chi connectivity index (χ2n) is 7.49. The molecule has 0 atom stereocenters. The van der Waals surface area contributed by atoms with Crippen LogP contribution in [0.2, 0.25) is 10.0 Å². The molecule has 1 heterocycles. The molecular formula is C22H26Cl2N2O3S2. The van der Waals surface area contributed by atoms with Crippen molar-refractivity contribution in [1.29, 1.82) is 0 Å². The summed E-state index contributed by atoms with van der Waals surface area (Å²) in [6, 6.07) is 14.6. The van der Waals surface area contributed by atoms with Gasteiger partial charge < -0.3 is 5.32 Å². The topological polar surface area (TPSA) is 66.5 Å². The third kappa shape index (κ3) is 7.39. The predicted octanol–water partition coefficient (Wildman–Crippen LogP) is 4.58. The second-order valence-corrected chi connectivity index (χ2v) is 11.4. The molecule has 0 unspecified atom stereocenters. The fourth-order valence-corrected chi connectivity index (χ4v) is 6.30. The van der Waals surface area contributed by atoms with E-state index in [1.54, 1.807) is 36.0 Å². The standard InChI is InChI=1S/C22H26Cl2N2O3S2/c23-20-7-5-17(6-8-20)16-31(28,29)26-12-9-18(10-13-26)22(27)25-11-14-30-15-19-3-1-2-4-21(19)24/h1-8,18H,9-16H2,(H,25,27). The minimum atomic E-state index is -3.41. The van der Waals surface area contributed by atoms with Gasteiger partial charge in [-0.1, -0.05) is 53.5 Å². The average molecular weight is 502 g/mol. The van der Waals surface area contributed by atoms with Crippen LogP contribution in [0.15, 0.2) is 48.5 Å². The van der Waals surface area contributed by atoms with Crippen molar-refractivity contribution in [2.75, 3.05) is 25.4 Å². The van der Waals surface area contributed by atoms with Gasteiger partial charge in [-0.15, -0.1) is 0 Å². The first-order valence-corrected chi connectivity index (χ1v) is 13.7.